The Morgan fingerprint density at radius 3 is 2.53 bits per heavy atom. The fraction of sp³-hybridized carbons (Fsp3) is 0.160. The lowest BCUT2D eigenvalue weighted by Crippen LogP contribution is -2.17. The summed E-state index contributed by atoms with van der Waals surface area (Å²) in [6.07, 6.45) is 0.366. The standard InChI is InChI=1S/C25H20FNO2S/c1-16(17-6-3-2-4-7-17)18-9-11-22-23(15-18)30-24(27-22)20-10-8-19(14-21(20)26)25-28-12-5-13-29-25/h2-4,6-11,14-15,25H,1,5,12-13H2. The largest absolute Gasteiger partial charge is 0.348 e. The van der Waals surface area contributed by atoms with Gasteiger partial charge in [0.2, 0.25) is 0 Å². The smallest absolute Gasteiger partial charge is 0.183 e. The van der Waals surface area contributed by atoms with Crippen molar-refractivity contribution in [2.75, 3.05) is 13.2 Å². The second-order valence-corrected chi connectivity index (χ2v) is 8.24. The number of hydrogen-bond donors (Lipinski definition) is 0. The molecule has 0 spiro atoms. The van der Waals surface area contributed by atoms with Gasteiger partial charge in [-0.25, -0.2) is 9.37 Å². The van der Waals surface area contributed by atoms with Crippen LogP contribution in [0.5, 0.6) is 0 Å². The number of fused-ring (bicyclic) bond motifs is 1. The number of ether oxygens (including phenoxy) is 2. The highest BCUT2D eigenvalue weighted by Gasteiger charge is 2.19. The average Bonchev–Trinajstić information content (AvgIpc) is 3.22. The Morgan fingerprint density at radius 2 is 1.77 bits per heavy atom. The fourth-order valence-corrected chi connectivity index (χ4v) is 4.60. The first-order valence-electron chi connectivity index (χ1n) is 9.87. The summed E-state index contributed by atoms with van der Waals surface area (Å²) in [4.78, 5) is 4.65. The van der Waals surface area contributed by atoms with Crippen molar-refractivity contribution in [1.29, 1.82) is 0 Å². The molecule has 0 aliphatic carbocycles. The van der Waals surface area contributed by atoms with E-state index < -0.39 is 6.29 Å². The van der Waals surface area contributed by atoms with Gasteiger partial charge in [-0.3, -0.25) is 0 Å². The van der Waals surface area contributed by atoms with Crippen LogP contribution in [0.3, 0.4) is 0 Å². The van der Waals surface area contributed by atoms with Gasteiger partial charge >= 0.3 is 0 Å². The van der Waals surface area contributed by atoms with E-state index in [0.29, 0.717) is 29.3 Å². The van der Waals surface area contributed by atoms with Crippen LogP contribution in [-0.2, 0) is 9.47 Å². The Morgan fingerprint density at radius 1 is 0.967 bits per heavy atom. The van der Waals surface area contributed by atoms with Crippen LogP contribution in [0.15, 0.2) is 73.3 Å². The number of rotatable bonds is 4. The highest BCUT2D eigenvalue weighted by atomic mass is 32.1. The minimum Gasteiger partial charge on any atom is -0.348 e. The number of benzene rings is 3. The van der Waals surface area contributed by atoms with Crippen LogP contribution >= 0.6 is 11.3 Å². The third kappa shape index (κ3) is 3.67. The molecular weight excluding hydrogens is 397 g/mol. The third-order valence-corrected chi connectivity index (χ3v) is 6.23. The monoisotopic (exact) mass is 417 g/mol. The summed E-state index contributed by atoms with van der Waals surface area (Å²) in [6, 6.07) is 21.2. The van der Waals surface area contributed by atoms with Gasteiger partial charge in [0.25, 0.3) is 0 Å². The molecule has 5 rings (SSSR count). The molecule has 1 saturated heterocycles. The van der Waals surface area contributed by atoms with Gasteiger partial charge in [-0.2, -0.15) is 0 Å². The van der Waals surface area contributed by atoms with Gasteiger partial charge in [0.15, 0.2) is 6.29 Å². The van der Waals surface area contributed by atoms with Gasteiger partial charge < -0.3 is 9.47 Å². The number of thiazole rings is 1. The van der Waals surface area contributed by atoms with Gasteiger partial charge in [0.05, 0.1) is 23.4 Å². The van der Waals surface area contributed by atoms with Crippen molar-refractivity contribution in [3.05, 3.63) is 95.8 Å². The molecule has 0 saturated carbocycles. The molecule has 0 atom stereocenters. The molecule has 0 radical (unpaired) electrons. The molecule has 1 aliphatic rings. The zero-order valence-electron chi connectivity index (χ0n) is 16.3. The van der Waals surface area contributed by atoms with E-state index in [1.54, 1.807) is 6.07 Å². The van der Waals surface area contributed by atoms with Crippen LogP contribution in [-0.4, -0.2) is 18.2 Å². The molecule has 0 amide bonds. The maximum atomic E-state index is 14.9. The summed E-state index contributed by atoms with van der Waals surface area (Å²) in [5.74, 6) is -0.321. The molecular formula is C25H20FNO2S. The van der Waals surface area contributed by atoms with Crippen molar-refractivity contribution < 1.29 is 13.9 Å². The summed E-state index contributed by atoms with van der Waals surface area (Å²) >= 11 is 1.48. The summed E-state index contributed by atoms with van der Waals surface area (Å²) in [6.45, 7) is 5.49. The fourth-order valence-electron chi connectivity index (χ4n) is 3.57. The zero-order chi connectivity index (χ0) is 20.5. The Kier molecular flexibility index (Phi) is 5.17. The molecule has 3 aromatic carbocycles. The second-order valence-electron chi connectivity index (χ2n) is 7.21. The van der Waals surface area contributed by atoms with Crippen LogP contribution in [0.1, 0.15) is 29.4 Å². The van der Waals surface area contributed by atoms with Gasteiger partial charge in [-0.05, 0) is 47.4 Å². The van der Waals surface area contributed by atoms with Crippen molar-refractivity contribution in [2.45, 2.75) is 12.7 Å². The van der Waals surface area contributed by atoms with Crippen molar-refractivity contribution in [2.24, 2.45) is 0 Å². The molecule has 5 heteroatoms. The van der Waals surface area contributed by atoms with E-state index in [4.69, 9.17) is 9.47 Å². The number of hydrogen-bond acceptors (Lipinski definition) is 4. The molecule has 0 bridgehead atoms. The summed E-state index contributed by atoms with van der Waals surface area (Å²) in [5.41, 5.74) is 5.09. The van der Waals surface area contributed by atoms with Crippen molar-refractivity contribution in [3.8, 4) is 10.6 Å². The normalized spacial score (nSPS) is 14.8. The van der Waals surface area contributed by atoms with Crippen LogP contribution < -0.4 is 0 Å². The van der Waals surface area contributed by atoms with E-state index in [1.807, 2.05) is 48.5 Å². The summed E-state index contributed by atoms with van der Waals surface area (Å²) in [5, 5.41) is 0.655. The highest BCUT2D eigenvalue weighted by molar-refractivity contribution is 7.21. The minimum atomic E-state index is -0.496. The van der Waals surface area contributed by atoms with Crippen LogP contribution in [0.4, 0.5) is 4.39 Å². The highest BCUT2D eigenvalue weighted by Crippen LogP contribution is 2.35. The van der Waals surface area contributed by atoms with E-state index >= 15 is 0 Å². The number of aromatic nitrogens is 1. The Balaban J connectivity index is 1.46. The Labute approximate surface area is 178 Å². The van der Waals surface area contributed by atoms with Crippen LogP contribution in [0.25, 0.3) is 26.4 Å². The molecule has 150 valence electrons. The molecule has 0 N–H and O–H groups in total. The molecule has 4 aromatic rings. The Bertz CT molecular complexity index is 1210. The first-order chi connectivity index (χ1) is 14.7. The Hall–Kier alpha value is -2.86. The SMILES string of the molecule is C=C(c1ccccc1)c1ccc2nc(-c3ccc(C4OCCCO4)cc3F)sc2c1. The topological polar surface area (TPSA) is 31.4 Å². The predicted molar refractivity (Wildman–Crippen MR) is 119 cm³/mol. The first-order valence-corrected chi connectivity index (χ1v) is 10.7. The summed E-state index contributed by atoms with van der Waals surface area (Å²) in [7, 11) is 0. The minimum absolute atomic E-state index is 0.321. The second kappa shape index (κ2) is 8.11. The quantitative estimate of drug-likeness (QED) is 0.375. The molecule has 1 fully saturated rings. The number of nitrogens with zero attached hydrogens (tertiary/aromatic N) is 1. The average molecular weight is 418 g/mol. The number of halogens is 1. The molecule has 3 nitrogen and oxygen atoms in total. The van der Waals surface area contributed by atoms with E-state index in [0.717, 1.165) is 33.3 Å². The van der Waals surface area contributed by atoms with Crippen LogP contribution in [0.2, 0.25) is 0 Å². The first kappa shape index (κ1) is 19.1. The van der Waals surface area contributed by atoms with E-state index in [-0.39, 0.29) is 5.82 Å². The molecule has 30 heavy (non-hydrogen) atoms. The maximum Gasteiger partial charge on any atom is 0.183 e. The van der Waals surface area contributed by atoms with E-state index in [9.17, 15) is 4.39 Å². The van der Waals surface area contributed by atoms with Crippen molar-refractivity contribution in [1.82, 2.24) is 4.98 Å². The van der Waals surface area contributed by atoms with Crippen molar-refractivity contribution >= 4 is 27.1 Å². The van der Waals surface area contributed by atoms with E-state index in [1.165, 1.54) is 17.4 Å². The zero-order valence-corrected chi connectivity index (χ0v) is 17.1. The predicted octanol–water partition coefficient (Wildman–Crippen LogP) is 6.60. The lowest BCUT2D eigenvalue weighted by molar-refractivity contribution is -0.183. The molecule has 0 unspecified atom stereocenters. The lowest BCUT2D eigenvalue weighted by atomic mass is 10.00. The lowest BCUT2D eigenvalue weighted by Gasteiger charge is -2.23. The van der Waals surface area contributed by atoms with E-state index in [2.05, 4.69) is 17.6 Å². The summed E-state index contributed by atoms with van der Waals surface area (Å²) < 4.78 is 27.0. The maximum absolute atomic E-state index is 14.9. The van der Waals surface area contributed by atoms with Gasteiger partial charge in [0, 0.05) is 11.1 Å². The molecule has 2 heterocycles. The van der Waals surface area contributed by atoms with Crippen molar-refractivity contribution in [3.63, 3.8) is 0 Å². The third-order valence-electron chi connectivity index (χ3n) is 5.18. The van der Waals surface area contributed by atoms with Crippen LogP contribution in [0, 0.1) is 5.82 Å². The van der Waals surface area contributed by atoms with Gasteiger partial charge in [0.1, 0.15) is 10.8 Å². The molecule has 1 aliphatic heterocycles. The van der Waals surface area contributed by atoms with Gasteiger partial charge in [-0.1, -0.05) is 49.0 Å². The molecule has 1 aromatic heterocycles. The van der Waals surface area contributed by atoms with Gasteiger partial charge in [-0.15, -0.1) is 11.3 Å².